The first-order valence-corrected chi connectivity index (χ1v) is 11.9. The third-order valence-corrected chi connectivity index (χ3v) is 7.21. The Morgan fingerprint density at radius 1 is 1.00 bits per heavy atom. The maximum atomic E-state index is 14.2. The number of likely N-dealkylation sites (N-methyl/N-ethyl adjacent to an activating group) is 2. The Morgan fingerprint density at radius 3 is 2.40 bits per heavy atom. The monoisotopic (exact) mass is 497 g/mol. The summed E-state index contributed by atoms with van der Waals surface area (Å²) in [6, 6.07) is 13.2. The molecule has 0 saturated carbocycles. The van der Waals surface area contributed by atoms with E-state index in [1.54, 1.807) is 19.2 Å². The van der Waals surface area contributed by atoms with Crippen molar-refractivity contribution in [2.45, 2.75) is 12.6 Å². The Hall–Kier alpha value is -3.30. The van der Waals surface area contributed by atoms with Crippen LogP contribution >= 0.6 is 11.6 Å². The van der Waals surface area contributed by atoms with E-state index in [0.717, 1.165) is 23.6 Å². The first kappa shape index (κ1) is 23.4. The Kier molecular flexibility index (Phi) is 6.29. The van der Waals surface area contributed by atoms with Gasteiger partial charge in [-0.05, 0) is 23.2 Å². The maximum absolute atomic E-state index is 14.2. The number of amides is 3. The van der Waals surface area contributed by atoms with Crippen molar-refractivity contribution < 1.29 is 18.6 Å². The second kappa shape index (κ2) is 9.39. The first-order valence-electron chi connectivity index (χ1n) is 11.6. The van der Waals surface area contributed by atoms with E-state index >= 15 is 0 Å². The van der Waals surface area contributed by atoms with Gasteiger partial charge in [-0.1, -0.05) is 41.9 Å². The summed E-state index contributed by atoms with van der Waals surface area (Å²) >= 11 is 6.44. The number of nitrogens with zero attached hydrogens (tertiary/aromatic N) is 6. The average Bonchev–Trinajstić information content (AvgIpc) is 3.21. The first-order chi connectivity index (χ1) is 16.8. The summed E-state index contributed by atoms with van der Waals surface area (Å²) in [5.74, 6) is 0.624. The van der Waals surface area contributed by atoms with Gasteiger partial charge < -0.3 is 4.90 Å². The Balaban J connectivity index is 1.41. The van der Waals surface area contributed by atoms with Crippen LogP contribution in [0.15, 0.2) is 53.5 Å². The zero-order chi connectivity index (χ0) is 24.7. The van der Waals surface area contributed by atoms with Crippen LogP contribution in [0, 0.1) is 5.82 Å². The maximum Gasteiger partial charge on any atom is 0.333 e. The summed E-state index contributed by atoms with van der Waals surface area (Å²) in [4.78, 5) is 37.4. The molecule has 1 unspecified atom stereocenters. The van der Waals surface area contributed by atoms with Crippen molar-refractivity contribution in [1.29, 1.82) is 0 Å². The topological polar surface area (TPSA) is 62.5 Å². The van der Waals surface area contributed by atoms with Crippen molar-refractivity contribution in [2.75, 3.05) is 51.7 Å². The number of halogens is 2. The molecule has 3 amide bonds. The van der Waals surface area contributed by atoms with Gasteiger partial charge in [-0.25, -0.2) is 13.8 Å². The van der Waals surface area contributed by atoms with Crippen LogP contribution in [0.4, 0.5) is 14.9 Å². The number of aliphatic imine (C=N–C) groups is 1. The number of imide groups is 1. The lowest BCUT2D eigenvalue weighted by molar-refractivity contribution is -0.552. The standard InChI is InChI=1S/C25H27ClFN6O2/c1-29-23-22(24(34)30(2)25(29)35)33(15-17-7-3-4-8-18(17)26)21(28-23)16-31-11-13-32(14-12-31)20-10-6-5-9-19(20)27/h3-10,22H,11-16H2,1-2H3/q+1. The van der Waals surface area contributed by atoms with E-state index in [1.165, 1.54) is 18.0 Å². The van der Waals surface area contributed by atoms with E-state index in [1.807, 2.05) is 39.8 Å². The molecule has 0 radical (unpaired) electrons. The largest absolute Gasteiger partial charge is 0.367 e. The molecule has 0 aromatic heterocycles. The van der Waals surface area contributed by atoms with Gasteiger partial charge in [0.05, 0.1) is 5.69 Å². The minimum absolute atomic E-state index is 0.220. The van der Waals surface area contributed by atoms with Crippen LogP contribution in [0.1, 0.15) is 5.56 Å². The summed E-state index contributed by atoms with van der Waals surface area (Å²) in [5.41, 5.74) is 1.49. The third kappa shape index (κ3) is 4.30. The van der Waals surface area contributed by atoms with Crippen molar-refractivity contribution in [1.82, 2.24) is 14.7 Å². The van der Waals surface area contributed by atoms with E-state index in [0.29, 0.717) is 48.6 Å². The highest BCUT2D eigenvalue weighted by Crippen LogP contribution is 2.24. The summed E-state index contributed by atoms with van der Waals surface area (Å²) in [6.45, 7) is 3.70. The molecule has 10 heteroatoms. The number of fused-ring (bicyclic) bond motifs is 1. The number of urea groups is 1. The van der Waals surface area contributed by atoms with Gasteiger partial charge in [0.1, 0.15) is 18.9 Å². The fourth-order valence-corrected chi connectivity index (χ4v) is 5.02. The van der Waals surface area contributed by atoms with E-state index < -0.39 is 12.1 Å². The molecule has 35 heavy (non-hydrogen) atoms. The normalized spacial score (nSPS) is 21.1. The van der Waals surface area contributed by atoms with Gasteiger partial charge in [0.25, 0.3) is 17.8 Å². The lowest BCUT2D eigenvalue weighted by atomic mass is 10.1. The highest BCUT2D eigenvalue weighted by atomic mass is 35.5. The number of amidine groups is 2. The molecule has 0 N–H and O–H groups in total. The van der Waals surface area contributed by atoms with Crippen molar-refractivity contribution in [3.63, 3.8) is 0 Å². The second-order valence-corrected chi connectivity index (χ2v) is 9.37. The third-order valence-electron chi connectivity index (χ3n) is 6.84. The number of hydrogen-bond donors (Lipinski definition) is 0. The van der Waals surface area contributed by atoms with E-state index in [-0.39, 0.29) is 11.7 Å². The molecular weight excluding hydrogens is 471 g/mol. The molecule has 3 aliphatic rings. The number of carbonyl (C=O) groups excluding carboxylic acids is 2. The van der Waals surface area contributed by atoms with Gasteiger partial charge >= 0.3 is 11.9 Å². The second-order valence-electron chi connectivity index (χ2n) is 8.96. The molecule has 8 nitrogen and oxygen atoms in total. The molecule has 2 aromatic carbocycles. The SMILES string of the molecule is CN1C(=O)C2C(=NC(CN3CCN(c4ccccc4F)CC3)=[N+]2Cc2ccccc2Cl)N(C)C1=O. The molecule has 2 fully saturated rings. The summed E-state index contributed by atoms with van der Waals surface area (Å²) in [6.07, 6.45) is 0. The predicted octanol–water partition coefficient (Wildman–Crippen LogP) is 2.52. The quantitative estimate of drug-likeness (QED) is 0.596. The van der Waals surface area contributed by atoms with Gasteiger partial charge in [0.15, 0.2) is 0 Å². The van der Waals surface area contributed by atoms with Crippen molar-refractivity contribution in [3.8, 4) is 0 Å². The molecule has 3 aliphatic heterocycles. The Morgan fingerprint density at radius 2 is 1.69 bits per heavy atom. The summed E-state index contributed by atoms with van der Waals surface area (Å²) in [5, 5.41) is 0.611. The van der Waals surface area contributed by atoms with Gasteiger partial charge in [0.2, 0.25) is 0 Å². The number of rotatable bonds is 5. The zero-order valence-electron chi connectivity index (χ0n) is 19.7. The Bertz CT molecular complexity index is 1240. The van der Waals surface area contributed by atoms with E-state index in [4.69, 9.17) is 16.6 Å². The molecule has 3 heterocycles. The highest BCUT2D eigenvalue weighted by molar-refractivity contribution is 6.31. The van der Waals surface area contributed by atoms with Crippen LogP contribution < -0.4 is 4.90 Å². The van der Waals surface area contributed by atoms with Crippen LogP contribution in [0.2, 0.25) is 5.02 Å². The van der Waals surface area contributed by atoms with E-state index in [2.05, 4.69) is 4.90 Å². The molecule has 0 spiro atoms. The molecule has 0 aliphatic carbocycles. The van der Waals surface area contributed by atoms with Gasteiger partial charge in [-0.15, -0.1) is 0 Å². The van der Waals surface area contributed by atoms with Gasteiger partial charge in [-0.2, -0.15) is 0 Å². The number of piperazine rings is 1. The molecule has 0 bridgehead atoms. The number of anilines is 1. The fourth-order valence-electron chi connectivity index (χ4n) is 4.82. The molecule has 2 saturated heterocycles. The van der Waals surface area contributed by atoms with Crippen LogP contribution in [-0.4, -0.2) is 95.7 Å². The number of hydrogen-bond acceptors (Lipinski definition) is 5. The average molecular weight is 498 g/mol. The van der Waals surface area contributed by atoms with Gasteiger partial charge in [0, 0.05) is 50.9 Å². The minimum Gasteiger partial charge on any atom is -0.367 e. The smallest absolute Gasteiger partial charge is 0.333 e. The lowest BCUT2D eigenvalue weighted by Crippen LogP contribution is -2.61. The summed E-state index contributed by atoms with van der Waals surface area (Å²) < 4.78 is 16.2. The van der Waals surface area contributed by atoms with Crippen LogP contribution in [0.25, 0.3) is 0 Å². The minimum atomic E-state index is -0.686. The summed E-state index contributed by atoms with van der Waals surface area (Å²) in [7, 11) is 3.13. The Labute approximate surface area is 208 Å². The number of para-hydroxylation sites is 1. The molecule has 2 aromatic rings. The predicted molar refractivity (Wildman–Crippen MR) is 133 cm³/mol. The molecular formula is C25H27ClFN6O2+. The van der Waals surface area contributed by atoms with Crippen molar-refractivity contribution in [3.05, 3.63) is 64.9 Å². The van der Waals surface area contributed by atoms with Crippen molar-refractivity contribution >= 4 is 40.9 Å². The van der Waals surface area contributed by atoms with E-state index in [9.17, 15) is 14.0 Å². The highest BCUT2D eigenvalue weighted by Gasteiger charge is 2.53. The molecule has 5 rings (SSSR count). The van der Waals surface area contributed by atoms with Crippen LogP contribution in [0.3, 0.4) is 0 Å². The van der Waals surface area contributed by atoms with Crippen LogP contribution in [-0.2, 0) is 11.3 Å². The zero-order valence-corrected chi connectivity index (χ0v) is 20.5. The lowest BCUT2D eigenvalue weighted by Gasteiger charge is -2.35. The number of carbonyl (C=O) groups is 2. The van der Waals surface area contributed by atoms with Crippen molar-refractivity contribution in [2.24, 2.45) is 4.99 Å². The van der Waals surface area contributed by atoms with Crippen LogP contribution in [0.5, 0.6) is 0 Å². The molecule has 182 valence electrons. The molecule has 1 atom stereocenters. The number of benzene rings is 2. The fraction of sp³-hybridized carbons (Fsp3) is 0.360. The van der Waals surface area contributed by atoms with Gasteiger partial charge in [-0.3, -0.25) is 19.5 Å².